The molecule has 18 heteroatoms. The molecule has 0 spiro atoms. The summed E-state index contributed by atoms with van der Waals surface area (Å²) in [7, 11) is -9.76. The minimum absolute atomic E-state index is 0.00633. The average molecular weight is 915 g/mol. The number of Topliss-reactive ketones (excluding diaryl/α,β-unsaturated/α-hetero) is 1. The lowest BCUT2D eigenvalue weighted by atomic mass is 9.88. The fourth-order valence-corrected chi connectivity index (χ4v) is 8.36. The second-order valence-corrected chi connectivity index (χ2v) is 19.6. The number of carbonyl (C=O) groups excluding carboxylic acids is 3. The van der Waals surface area contributed by atoms with E-state index in [4.69, 9.17) is 23.8 Å². The first kappa shape index (κ1) is 57.5. The Labute approximate surface area is 364 Å². The van der Waals surface area contributed by atoms with E-state index in [9.17, 15) is 43.7 Å². The summed E-state index contributed by atoms with van der Waals surface area (Å²) in [5, 5.41) is 30.6. The second kappa shape index (κ2) is 33.9. The van der Waals surface area contributed by atoms with Crippen molar-refractivity contribution in [2.24, 2.45) is 17.8 Å². The third kappa shape index (κ3) is 31.9. The Bertz CT molecular complexity index is 1310. The van der Waals surface area contributed by atoms with Crippen molar-refractivity contribution in [1.29, 1.82) is 0 Å². The highest BCUT2D eigenvalue weighted by molar-refractivity contribution is 7.47. The smallest absolute Gasteiger partial charge is 0.462 e. The van der Waals surface area contributed by atoms with Crippen LogP contribution in [0.3, 0.4) is 0 Å². The highest BCUT2D eigenvalue weighted by atomic mass is 31.2. The third-order valence-corrected chi connectivity index (χ3v) is 12.2. The molecule has 61 heavy (non-hydrogen) atoms. The maximum absolute atomic E-state index is 12.8. The molecule has 1 aliphatic carbocycles. The molecule has 0 aliphatic heterocycles. The van der Waals surface area contributed by atoms with Crippen LogP contribution in [0.2, 0.25) is 0 Å². The topological polar surface area (TPSA) is 253 Å². The number of phosphoric ester groups is 2. The van der Waals surface area contributed by atoms with Gasteiger partial charge in [-0.2, -0.15) is 0 Å². The third-order valence-electron chi connectivity index (χ3n) is 10.7. The van der Waals surface area contributed by atoms with Gasteiger partial charge in [-0.25, -0.2) is 9.13 Å². The van der Waals surface area contributed by atoms with Crippen LogP contribution in [0.5, 0.6) is 0 Å². The van der Waals surface area contributed by atoms with Crippen molar-refractivity contribution in [3.8, 4) is 0 Å². The molecule has 1 unspecified atom stereocenters. The van der Waals surface area contributed by atoms with E-state index in [-0.39, 0.29) is 31.0 Å². The number of phosphoric acid groups is 2. The summed E-state index contributed by atoms with van der Waals surface area (Å²) < 4.78 is 47.8. The van der Waals surface area contributed by atoms with E-state index in [1.165, 1.54) is 51.4 Å². The molecule has 0 radical (unpaired) electrons. The van der Waals surface area contributed by atoms with Crippen molar-refractivity contribution in [1.82, 2.24) is 0 Å². The highest BCUT2D eigenvalue weighted by Crippen LogP contribution is 2.44. The number of rotatable bonds is 39. The average Bonchev–Trinajstić information content (AvgIpc) is 3.46. The number of carbonyl (C=O) groups is 3. The normalized spacial score (nSPS) is 19.6. The molecule has 0 aromatic rings. The lowest BCUT2D eigenvalue weighted by molar-refractivity contribution is -0.161. The summed E-state index contributed by atoms with van der Waals surface area (Å²) in [5.74, 6) is -1.13. The molecule has 1 fully saturated rings. The number of unbranched alkanes of at least 4 members (excludes halogenated alkanes) is 15. The first-order valence-corrected chi connectivity index (χ1v) is 25.9. The summed E-state index contributed by atoms with van der Waals surface area (Å²) in [6.07, 6.45) is 19.8. The molecule has 0 saturated heterocycles. The molecule has 0 heterocycles. The Kier molecular flexibility index (Phi) is 31.9. The number of aliphatic hydroxyl groups excluding tert-OH is 3. The van der Waals surface area contributed by atoms with Crippen LogP contribution in [0.1, 0.15) is 175 Å². The van der Waals surface area contributed by atoms with Crippen molar-refractivity contribution in [3.63, 3.8) is 0 Å². The number of allylic oxidation sites excluding steroid dienone is 1. The minimum atomic E-state index is -4.89. The van der Waals surface area contributed by atoms with Gasteiger partial charge < -0.3 is 39.5 Å². The number of hydrogen-bond acceptors (Lipinski definition) is 13. The number of ketones is 1. The summed E-state index contributed by atoms with van der Waals surface area (Å²) in [5.41, 5.74) is 0. The predicted octanol–water partition coefficient (Wildman–Crippen LogP) is 8.18. The monoisotopic (exact) mass is 914 g/mol. The molecule has 0 aromatic carbocycles. The molecular formula is C43H80O16P2. The number of hydrogen-bond donors (Lipinski definition) is 6. The maximum Gasteiger partial charge on any atom is 0.472 e. The minimum Gasteiger partial charge on any atom is -0.462 e. The summed E-state index contributed by atoms with van der Waals surface area (Å²) in [6.45, 7) is 3.70. The quantitative estimate of drug-likeness (QED) is 0.0147. The molecule has 0 aromatic heterocycles. The zero-order valence-electron chi connectivity index (χ0n) is 37.2. The van der Waals surface area contributed by atoms with E-state index >= 15 is 0 Å². The van der Waals surface area contributed by atoms with E-state index in [2.05, 4.69) is 29.8 Å². The molecule has 1 rings (SSSR count). The number of aliphatic hydroxyl groups is 3. The van der Waals surface area contributed by atoms with Gasteiger partial charge in [-0.05, 0) is 37.5 Å². The highest BCUT2D eigenvalue weighted by Gasteiger charge is 2.39. The Morgan fingerprint density at radius 3 is 1.82 bits per heavy atom. The Morgan fingerprint density at radius 1 is 0.705 bits per heavy atom. The molecule has 1 aliphatic rings. The van der Waals surface area contributed by atoms with E-state index < -0.39 is 84.3 Å². The first-order chi connectivity index (χ1) is 28.9. The maximum atomic E-state index is 12.8. The van der Waals surface area contributed by atoms with Crippen LogP contribution in [-0.4, -0.2) is 98.6 Å². The van der Waals surface area contributed by atoms with Crippen LogP contribution >= 0.6 is 15.6 Å². The van der Waals surface area contributed by atoms with Crippen LogP contribution < -0.4 is 0 Å². The van der Waals surface area contributed by atoms with Crippen molar-refractivity contribution in [2.75, 3.05) is 26.4 Å². The van der Waals surface area contributed by atoms with E-state index in [0.29, 0.717) is 38.5 Å². The molecule has 6 N–H and O–H groups in total. The van der Waals surface area contributed by atoms with Gasteiger partial charge in [-0.15, -0.1) is 0 Å². The van der Waals surface area contributed by atoms with Crippen LogP contribution in [0.15, 0.2) is 12.2 Å². The zero-order valence-corrected chi connectivity index (χ0v) is 38.9. The van der Waals surface area contributed by atoms with E-state index in [0.717, 1.165) is 50.9 Å². The van der Waals surface area contributed by atoms with Gasteiger partial charge in [0.05, 0.1) is 32.0 Å². The van der Waals surface area contributed by atoms with Gasteiger partial charge in [-0.1, -0.05) is 142 Å². The van der Waals surface area contributed by atoms with Gasteiger partial charge >= 0.3 is 27.6 Å². The molecule has 358 valence electrons. The Morgan fingerprint density at radius 2 is 1.23 bits per heavy atom. The molecule has 7 atom stereocenters. The van der Waals surface area contributed by atoms with Crippen molar-refractivity contribution in [2.45, 2.75) is 199 Å². The lowest BCUT2D eigenvalue weighted by Crippen LogP contribution is -2.30. The van der Waals surface area contributed by atoms with Gasteiger partial charge in [0, 0.05) is 25.2 Å². The molecule has 1 saturated carbocycles. The van der Waals surface area contributed by atoms with E-state index in [1.54, 1.807) is 12.2 Å². The number of ether oxygens (including phenoxy) is 2. The second-order valence-electron chi connectivity index (χ2n) is 16.9. The molecular weight excluding hydrogens is 834 g/mol. The predicted molar refractivity (Wildman–Crippen MR) is 231 cm³/mol. The van der Waals surface area contributed by atoms with Crippen molar-refractivity contribution >= 4 is 33.4 Å². The largest absolute Gasteiger partial charge is 0.472 e. The lowest BCUT2D eigenvalue weighted by Gasteiger charge is -2.20. The summed E-state index contributed by atoms with van der Waals surface area (Å²) in [4.78, 5) is 65.5. The van der Waals surface area contributed by atoms with Crippen molar-refractivity contribution < 1.29 is 76.6 Å². The fourth-order valence-electron chi connectivity index (χ4n) is 7.20. The zero-order chi connectivity index (χ0) is 45.5. The van der Waals surface area contributed by atoms with Gasteiger partial charge in [0.25, 0.3) is 0 Å². The first-order valence-electron chi connectivity index (χ1n) is 22.8. The molecule has 0 bridgehead atoms. The van der Waals surface area contributed by atoms with E-state index in [1.807, 2.05) is 0 Å². The van der Waals surface area contributed by atoms with Crippen LogP contribution in [0.4, 0.5) is 0 Å². The van der Waals surface area contributed by atoms with Gasteiger partial charge in [0.1, 0.15) is 18.5 Å². The Balaban J connectivity index is 2.53. The SMILES string of the molecule is CCCCC[C@H](O)/C=C/[C@H]1C(=O)C[C@H](O)[C@@H]1CCCCCCC(=O)O[C@H](COC(=O)CCCCCCCCCCCCCC(C)C)COP(=O)(O)OC[C@@H](O)COP(=O)(O)O. The summed E-state index contributed by atoms with van der Waals surface area (Å²) in [6, 6.07) is 0. The van der Waals surface area contributed by atoms with Gasteiger partial charge in [0.2, 0.25) is 0 Å². The van der Waals surface area contributed by atoms with Gasteiger partial charge in [-0.3, -0.25) is 28.0 Å². The molecule has 0 amide bonds. The standard InChI is InChI=1S/C43H80O16P2/c1-4-5-17-23-35(44)27-28-39-38(40(46)29-41(39)47)24-19-15-16-21-26-43(49)59-37(33-58-61(53,54)57-31-36(45)30-56-60(50,51)52)32-55-42(48)25-20-14-12-10-8-6-7-9-11-13-18-22-34(2)3/h27-28,34-40,44-46H,4-26,29-33H2,1-3H3,(H,53,54)(H2,50,51,52)/b28-27+/t35-,36-,37+,38+,39+,40-/m0/s1. The van der Waals surface area contributed by atoms with Crippen LogP contribution in [0, 0.1) is 17.8 Å². The van der Waals surface area contributed by atoms with Crippen molar-refractivity contribution in [3.05, 3.63) is 12.2 Å². The van der Waals surface area contributed by atoms with Crippen LogP contribution in [0.25, 0.3) is 0 Å². The summed E-state index contributed by atoms with van der Waals surface area (Å²) >= 11 is 0. The number of esters is 2. The molecule has 16 nitrogen and oxygen atoms in total. The fraction of sp³-hybridized carbons (Fsp3) is 0.884. The Hall–Kier alpha value is -1.55. The van der Waals surface area contributed by atoms with Crippen LogP contribution in [-0.2, 0) is 46.6 Å². The van der Waals surface area contributed by atoms with Gasteiger partial charge in [0.15, 0.2) is 6.10 Å².